The standard InChI is InChI=1S/C22H21ClFN5O.C2HF3O2/c23-14-1-4-18-17(11-14)19(28-27-18)7-10-29-8-5-13(6-9-29)21-25-20-12-15(24)2-3-16(20)22(30)26-21;3-2(4,5)1(6)7/h1-4,11-13H,5-10H2,(H,27,28)(H,25,26,30);(H,6,7). The number of rotatable bonds is 4. The average Bonchev–Trinajstić information content (AvgIpc) is 3.24. The van der Waals surface area contributed by atoms with Gasteiger partial charge in [-0.1, -0.05) is 11.6 Å². The minimum absolute atomic E-state index is 0.173. The summed E-state index contributed by atoms with van der Waals surface area (Å²) in [4.78, 5) is 31.1. The van der Waals surface area contributed by atoms with Gasteiger partial charge in [-0.15, -0.1) is 0 Å². The third kappa shape index (κ3) is 6.44. The molecule has 0 aliphatic carbocycles. The summed E-state index contributed by atoms with van der Waals surface area (Å²) >= 11 is 6.12. The first kappa shape index (κ1) is 26.6. The van der Waals surface area contributed by atoms with Crippen molar-refractivity contribution in [2.75, 3.05) is 19.6 Å². The van der Waals surface area contributed by atoms with E-state index >= 15 is 0 Å². The normalized spacial score (nSPS) is 15.1. The molecular formula is C24H22ClF4N5O3. The van der Waals surface area contributed by atoms with E-state index in [1.54, 1.807) is 0 Å². The number of nitrogens with zero attached hydrogens (tertiary/aromatic N) is 3. The Balaban J connectivity index is 0.000000405. The molecule has 1 aliphatic rings. The second kappa shape index (κ2) is 10.9. The van der Waals surface area contributed by atoms with E-state index in [1.807, 2.05) is 18.2 Å². The number of carbonyl (C=O) groups is 1. The van der Waals surface area contributed by atoms with Crippen molar-refractivity contribution in [2.45, 2.75) is 31.4 Å². The summed E-state index contributed by atoms with van der Waals surface area (Å²) in [6.45, 7) is 2.74. The lowest BCUT2D eigenvalue weighted by molar-refractivity contribution is -0.192. The predicted octanol–water partition coefficient (Wildman–Crippen LogP) is 4.65. The van der Waals surface area contributed by atoms with Crippen LogP contribution in [0.1, 0.15) is 30.3 Å². The molecule has 0 atom stereocenters. The molecule has 2 aromatic carbocycles. The van der Waals surface area contributed by atoms with E-state index < -0.39 is 12.1 Å². The number of carboxylic acids is 1. The number of hydrogen-bond donors (Lipinski definition) is 3. The van der Waals surface area contributed by atoms with Crippen molar-refractivity contribution in [3.8, 4) is 0 Å². The molecule has 4 aromatic rings. The lowest BCUT2D eigenvalue weighted by Crippen LogP contribution is -2.35. The summed E-state index contributed by atoms with van der Waals surface area (Å²) in [6, 6.07) is 9.85. The Kier molecular flexibility index (Phi) is 7.79. The Morgan fingerprint density at radius 1 is 1.14 bits per heavy atom. The minimum atomic E-state index is -5.08. The largest absolute Gasteiger partial charge is 0.490 e. The summed E-state index contributed by atoms with van der Waals surface area (Å²) in [7, 11) is 0. The van der Waals surface area contributed by atoms with Crippen molar-refractivity contribution in [2.24, 2.45) is 0 Å². The van der Waals surface area contributed by atoms with Crippen LogP contribution < -0.4 is 5.56 Å². The number of benzene rings is 2. The van der Waals surface area contributed by atoms with Crippen LogP contribution in [0.15, 0.2) is 41.2 Å². The molecule has 2 aromatic heterocycles. The van der Waals surface area contributed by atoms with Crippen molar-refractivity contribution in [1.29, 1.82) is 0 Å². The smallest absolute Gasteiger partial charge is 0.475 e. The highest BCUT2D eigenvalue weighted by Crippen LogP contribution is 2.27. The molecule has 0 spiro atoms. The molecule has 0 amide bonds. The van der Waals surface area contributed by atoms with Crippen LogP contribution in [0.3, 0.4) is 0 Å². The maximum Gasteiger partial charge on any atom is 0.490 e. The number of alkyl halides is 3. The Bertz CT molecular complexity index is 1480. The third-order valence-electron chi connectivity index (χ3n) is 6.17. The van der Waals surface area contributed by atoms with Gasteiger partial charge in [-0.2, -0.15) is 18.3 Å². The van der Waals surface area contributed by atoms with Crippen LogP contribution in [-0.4, -0.2) is 62.0 Å². The second-order valence-corrected chi connectivity index (χ2v) is 9.08. The lowest BCUT2D eigenvalue weighted by atomic mass is 9.95. The molecule has 1 aliphatic heterocycles. The zero-order valence-corrected chi connectivity index (χ0v) is 20.0. The Labute approximate surface area is 212 Å². The van der Waals surface area contributed by atoms with Crippen molar-refractivity contribution >= 4 is 39.4 Å². The van der Waals surface area contributed by atoms with E-state index in [0.29, 0.717) is 21.7 Å². The maximum absolute atomic E-state index is 13.5. The molecule has 1 saturated heterocycles. The Hall–Kier alpha value is -3.51. The number of aromatic nitrogens is 4. The molecule has 37 heavy (non-hydrogen) atoms. The van der Waals surface area contributed by atoms with E-state index in [-0.39, 0.29) is 17.3 Å². The number of likely N-dealkylation sites (tertiary alicyclic amines) is 1. The number of aromatic amines is 2. The number of fused-ring (bicyclic) bond motifs is 2. The van der Waals surface area contributed by atoms with Crippen molar-refractivity contribution in [1.82, 2.24) is 25.1 Å². The third-order valence-corrected chi connectivity index (χ3v) is 6.41. The van der Waals surface area contributed by atoms with E-state index in [9.17, 15) is 22.4 Å². The van der Waals surface area contributed by atoms with Gasteiger partial charge in [0.1, 0.15) is 11.6 Å². The molecule has 3 N–H and O–H groups in total. The van der Waals surface area contributed by atoms with Crippen molar-refractivity contribution in [3.05, 3.63) is 69.1 Å². The van der Waals surface area contributed by atoms with Crippen LogP contribution in [0.25, 0.3) is 21.8 Å². The SMILES string of the molecule is O=C(O)C(F)(F)F.O=c1[nH]c(C2CCN(CCc3n[nH]c4ccc(Cl)cc34)CC2)nc2cc(F)ccc12. The number of halogens is 5. The van der Waals surface area contributed by atoms with Gasteiger partial charge >= 0.3 is 12.1 Å². The molecule has 5 rings (SSSR count). The second-order valence-electron chi connectivity index (χ2n) is 8.64. The zero-order chi connectivity index (χ0) is 26.7. The lowest BCUT2D eigenvalue weighted by Gasteiger charge is -2.31. The zero-order valence-electron chi connectivity index (χ0n) is 19.3. The number of aliphatic carboxylic acids is 1. The molecule has 0 bridgehead atoms. The van der Waals surface area contributed by atoms with Crippen LogP contribution in [-0.2, 0) is 11.2 Å². The first-order valence-corrected chi connectivity index (χ1v) is 11.7. The van der Waals surface area contributed by atoms with Gasteiger partial charge in [0.25, 0.3) is 5.56 Å². The minimum Gasteiger partial charge on any atom is -0.475 e. The van der Waals surface area contributed by atoms with Gasteiger partial charge in [0.2, 0.25) is 0 Å². The number of piperidine rings is 1. The van der Waals surface area contributed by atoms with Crippen LogP contribution in [0.2, 0.25) is 5.02 Å². The topological polar surface area (TPSA) is 115 Å². The average molecular weight is 540 g/mol. The quantitative estimate of drug-likeness (QED) is 0.325. The van der Waals surface area contributed by atoms with E-state index in [2.05, 4.69) is 25.1 Å². The first-order valence-electron chi connectivity index (χ1n) is 11.4. The van der Waals surface area contributed by atoms with Crippen molar-refractivity contribution < 1.29 is 27.5 Å². The molecule has 196 valence electrons. The van der Waals surface area contributed by atoms with E-state index in [4.69, 9.17) is 21.5 Å². The fraction of sp³-hybridized carbons (Fsp3) is 0.333. The summed E-state index contributed by atoms with van der Waals surface area (Å²) in [6.07, 6.45) is -2.44. The van der Waals surface area contributed by atoms with Gasteiger partial charge in [0.15, 0.2) is 0 Å². The van der Waals surface area contributed by atoms with Gasteiger partial charge < -0.3 is 15.0 Å². The fourth-order valence-electron chi connectivity index (χ4n) is 4.25. The number of hydrogen-bond acceptors (Lipinski definition) is 5. The highest BCUT2D eigenvalue weighted by atomic mass is 35.5. The van der Waals surface area contributed by atoms with Crippen LogP contribution in [0.4, 0.5) is 17.6 Å². The molecule has 0 radical (unpaired) electrons. The van der Waals surface area contributed by atoms with Gasteiger partial charge in [0.05, 0.1) is 22.1 Å². The van der Waals surface area contributed by atoms with Gasteiger partial charge in [-0.05, 0) is 56.3 Å². The van der Waals surface area contributed by atoms with Crippen LogP contribution >= 0.6 is 11.6 Å². The van der Waals surface area contributed by atoms with Gasteiger partial charge in [-0.25, -0.2) is 14.2 Å². The molecular weight excluding hydrogens is 518 g/mol. The van der Waals surface area contributed by atoms with Crippen molar-refractivity contribution in [3.63, 3.8) is 0 Å². The molecule has 0 unspecified atom stereocenters. The van der Waals surface area contributed by atoms with Crippen LogP contribution in [0.5, 0.6) is 0 Å². The molecule has 13 heteroatoms. The van der Waals surface area contributed by atoms with Crippen LogP contribution in [0, 0.1) is 5.82 Å². The van der Waals surface area contributed by atoms with E-state index in [0.717, 1.165) is 55.5 Å². The molecule has 0 saturated carbocycles. The van der Waals surface area contributed by atoms with Gasteiger partial charge in [-0.3, -0.25) is 9.89 Å². The molecule has 8 nitrogen and oxygen atoms in total. The van der Waals surface area contributed by atoms with E-state index in [1.165, 1.54) is 18.2 Å². The summed E-state index contributed by atoms with van der Waals surface area (Å²) in [5, 5.41) is 16.8. The highest BCUT2D eigenvalue weighted by molar-refractivity contribution is 6.31. The number of nitrogens with one attached hydrogen (secondary N) is 2. The molecule has 1 fully saturated rings. The summed E-state index contributed by atoms with van der Waals surface area (Å²) in [5.41, 5.74) is 2.23. The monoisotopic (exact) mass is 539 g/mol. The maximum atomic E-state index is 13.5. The summed E-state index contributed by atoms with van der Waals surface area (Å²) < 4.78 is 45.3. The predicted molar refractivity (Wildman–Crippen MR) is 129 cm³/mol. The highest BCUT2D eigenvalue weighted by Gasteiger charge is 2.38. The van der Waals surface area contributed by atoms with Gasteiger partial charge in [0, 0.05) is 35.4 Å². The number of H-pyrrole nitrogens is 2. The fourth-order valence-corrected chi connectivity index (χ4v) is 4.42. The Morgan fingerprint density at radius 3 is 2.51 bits per heavy atom. The first-order chi connectivity index (χ1) is 17.5. The summed E-state index contributed by atoms with van der Waals surface area (Å²) in [5.74, 6) is -2.31. The molecule has 3 heterocycles. The number of carboxylic acid groups (broad SMARTS) is 1. The Morgan fingerprint density at radius 2 is 1.84 bits per heavy atom.